The van der Waals surface area contributed by atoms with Crippen molar-refractivity contribution in [2.45, 2.75) is 341 Å². The molecule has 0 bridgehead atoms. The minimum absolute atomic E-state index is 0.0475. The Bertz CT molecular complexity index is 2340. The molecule has 3 heterocycles. The van der Waals surface area contributed by atoms with Crippen LogP contribution in [0.1, 0.15) is 322 Å². The normalized spacial score (nSPS) is 15.6. The molecule has 0 aromatic carbocycles. The van der Waals surface area contributed by atoms with E-state index < -0.39 is 41.8 Å². The highest BCUT2D eigenvalue weighted by atomic mass is 16.6. The van der Waals surface area contributed by atoms with Crippen molar-refractivity contribution < 1.29 is 53.1 Å². The molecule has 1 saturated heterocycles. The van der Waals surface area contributed by atoms with Gasteiger partial charge in [-0.3, -0.25) is 33.9 Å². The number of anilines is 1. The number of rotatable bonds is 66. The van der Waals surface area contributed by atoms with Gasteiger partial charge in [0.05, 0.1) is 19.8 Å². The summed E-state index contributed by atoms with van der Waals surface area (Å²) in [6, 6.07) is 0. The van der Waals surface area contributed by atoms with E-state index in [4.69, 9.17) is 29.4 Å². The first-order valence-electron chi connectivity index (χ1n) is 39.0. The smallest absolute Gasteiger partial charge is 0.330 e. The molecular weight excluding hydrogens is 1220 g/mol. The number of hydrogen-bond donors (Lipinski definition) is 5. The highest BCUT2D eigenvalue weighted by Gasteiger charge is 2.46. The molecule has 0 saturated carbocycles. The Hall–Kier alpha value is -4.41. The summed E-state index contributed by atoms with van der Waals surface area (Å²) in [5.74, 6) is -0.862. The molecule has 0 amide bonds. The van der Waals surface area contributed by atoms with Crippen LogP contribution >= 0.6 is 0 Å². The molecule has 96 heavy (non-hydrogen) atoms. The molecule has 3 rings (SSSR count). The van der Waals surface area contributed by atoms with Crippen LogP contribution in [0.4, 0.5) is 5.95 Å². The van der Waals surface area contributed by atoms with E-state index in [2.05, 4.69) is 57.5 Å². The van der Waals surface area contributed by atoms with E-state index in [0.29, 0.717) is 45.5 Å². The molecule has 1 aliphatic rings. The highest BCUT2D eigenvalue weighted by Crippen LogP contribution is 2.30. The Balaban J connectivity index is 1.46. The number of hydrogen-bond acceptors (Lipinski definition) is 18. The van der Waals surface area contributed by atoms with Gasteiger partial charge >= 0.3 is 29.6 Å². The van der Waals surface area contributed by atoms with E-state index in [1.165, 1.54) is 122 Å². The van der Waals surface area contributed by atoms with Crippen LogP contribution in [0.5, 0.6) is 0 Å². The minimum Gasteiger partial charge on any atom is -0.466 e. The lowest BCUT2D eigenvalue weighted by Crippen LogP contribution is -2.39. The van der Waals surface area contributed by atoms with Gasteiger partial charge in [0.1, 0.15) is 24.9 Å². The molecule has 6 N–H and O–H groups in total. The first-order valence-corrected chi connectivity index (χ1v) is 39.0. The van der Waals surface area contributed by atoms with Crippen LogP contribution in [0, 0.1) is 0 Å². The Morgan fingerprint density at radius 3 is 1.14 bits per heavy atom. The van der Waals surface area contributed by atoms with Gasteiger partial charge in [-0.2, -0.15) is 4.98 Å². The highest BCUT2D eigenvalue weighted by molar-refractivity contribution is 5.71. The number of likely N-dealkylation sites (N-methyl/N-ethyl adjacent to an activating group) is 1. The number of ether oxygens (including phenoxy) is 5. The second kappa shape index (κ2) is 57.4. The lowest BCUT2D eigenvalue weighted by atomic mass is 10.1. The number of nitrogen functional groups attached to an aromatic ring is 1. The fraction of sp³-hybridized carbons (Fsp3) is 0.880. The van der Waals surface area contributed by atoms with Crippen LogP contribution in [0.25, 0.3) is 11.2 Å². The average Bonchev–Trinajstić information content (AvgIpc) is 1.61. The van der Waals surface area contributed by atoms with Gasteiger partial charge in [0.25, 0.3) is 5.56 Å². The molecule has 0 spiro atoms. The van der Waals surface area contributed by atoms with Crippen molar-refractivity contribution >= 4 is 41.0 Å². The second-order valence-corrected chi connectivity index (χ2v) is 27.6. The van der Waals surface area contributed by atoms with E-state index in [0.717, 1.165) is 198 Å². The van der Waals surface area contributed by atoms with E-state index in [1.54, 1.807) is 0 Å². The van der Waals surface area contributed by atoms with Crippen LogP contribution in [-0.4, -0.2) is 172 Å². The van der Waals surface area contributed by atoms with E-state index >= 15 is 0 Å². The maximum Gasteiger partial charge on any atom is 0.330 e. The van der Waals surface area contributed by atoms with Crippen molar-refractivity contribution in [3.63, 3.8) is 0 Å². The number of nitrogens with two attached hydrogens (primary N) is 1. The van der Waals surface area contributed by atoms with E-state index in [9.17, 15) is 39.0 Å². The number of aromatic amines is 2. The van der Waals surface area contributed by atoms with Crippen molar-refractivity contribution in [2.24, 2.45) is 0 Å². The van der Waals surface area contributed by atoms with Gasteiger partial charge in [0, 0.05) is 51.9 Å². The Morgan fingerprint density at radius 1 is 0.438 bits per heavy atom. The van der Waals surface area contributed by atoms with Gasteiger partial charge < -0.3 is 54.3 Å². The van der Waals surface area contributed by atoms with Gasteiger partial charge in [-0.15, -0.1) is 0 Å². The molecule has 2 aromatic rings. The second-order valence-electron chi connectivity index (χ2n) is 27.6. The summed E-state index contributed by atoms with van der Waals surface area (Å²) in [6.45, 7) is 15.9. The number of aliphatic hydroxyl groups excluding tert-OH is 2. The number of aromatic nitrogens is 4. The fourth-order valence-corrected chi connectivity index (χ4v) is 12.7. The van der Waals surface area contributed by atoms with Crippen LogP contribution in [0.3, 0.4) is 0 Å². The minimum atomic E-state index is -1.58. The molecule has 21 nitrogen and oxygen atoms in total. The largest absolute Gasteiger partial charge is 0.466 e. The summed E-state index contributed by atoms with van der Waals surface area (Å²) in [6.07, 6.45) is 43.4. The van der Waals surface area contributed by atoms with Gasteiger partial charge in [-0.05, 0) is 104 Å². The first kappa shape index (κ1) is 85.8. The maximum absolute atomic E-state index is 13.0. The predicted molar refractivity (Wildman–Crippen MR) is 385 cm³/mol. The number of H-pyrrole nitrogens is 2. The fourth-order valence-electron chi connectivity index (χ4n) is 12.7. The maximum atomic E-state index is 13.0. The third-order valence-electron chi connectivity index (χ3n) is 18.9. The van der Waals surface area contributed by atoms with Gasteiger partial charge in [-0.1, -0.05) is 220 Å². The van der Waals surface area contributed by atoms with Gasteiger partial charge in [0.15, 0.2) is 17.4 Å². The number of fused-ring (bicyclic) bond motifs is 1. The molecule has 1 aliphatic heterocycles. The average molecular weight is 1360 g/mol. The molecule has 1 fully saturated rings. The summed E-state index contributed by atoms with van der Waals surface area (Å²) in [5.41, 5.74) is 3.95. The first-order chi connectivity index (χ1) is 46.8. The molecule has 21 heteroatoms. The Kier molecular flexibility index (Phi) is 51.3. The van der Waals surface area contributed by atoms with Crippen LogP contribution in [-0.2, 0) is 42.9 Å². The Morgan fingerprint density at radius 2 is 0.760 bits per heavy atom. The molecule has 0 aliphatic carbocycles. The quantitative estimate of drug-likeness (QED) is 0.0234. The van der Waals surface area contributed by atoms with Crippen molar-refractivity contribution in [1.29, 1.82) is 0 Å². The summed E-state index contributed by atoms with van der Waals surface area (Å²) in [7, 11) is 2.23. The van der Waals surface area contributed by atoms with Crippen molar-refractivity contribution in [3.8, 4) is 0 Å². The predicted octanol–water partition coefficient (Wildman–Crippen LogP) is 14.3. The van der Waals surface area contributed by atoms with E-state index in [-0.39, 0.29) is 48.0 Å². The summed E-state index contributed by atoms with van der Waals surface area (Å²) < 4.78 is 28.8. The number of nitrogens with zero attached hydrogens (tertiary/aromatic N) is 5. The molecule has 0 radical (unpaired) electrons. The topological polar surface area (TPSA) is 274 Å². The number of esters is 4. The van der Waals surface area contributed by atoms with E-state index in [1.807, 2.05) is 0 Å². The van der Waals surface area contributed by atoms with Crippen molar-refractivity contribution in [3.05, 3.63) is 20.8 Å². The SMILES string of the molecule is CCCCCCCCCOC(=O)CCCCCCCCN(CCCCCCCCC(=O)OCCCCCCCCC)CCN(C)CCN(CCCCCCCCC(=O)OCCCCCCCCC)CCCCCC(=O)OC[C@@H]1O[C@H](n2c(=O)[nH]c3c(=O)[nH]c(N)nc32)C(O)C1O. The third-order valence-corrected chi connectivity index (χ3v) is 18.9. The standard InChI is InChI=1S/C75H138N8O13/c1-5-8-11-14-23-32-44-59-92-64(84)47-36-26-17-20-29-40-51-81(52-41-30-21-18-27-37-48-65(85)93-60-45-33-24-15-12-9-6-2)57-55-80(4)56-58-82(53-42-31-22-19-28-38-49-66(86)94-61-46-34-25-16-13-10-7-3)54-43-35-39-50-67(87)95-62-63-69(88)70(89)73(96-63)83-71-68(77-75(83)91)72(90)79-74(76)78-71/h63,69-70,73,88-89H,5-62H2,1-4H3,(H,77,91)(H3,76,78,79,90)/t63-,69?,70?,73-/m0/s1. The summed E-state index contributed by atoms with van der Waals surface area (Å²) in [4.78, 5) is 91.7. The molecular formula is C75H138N8O13. The Labute approximate surface area is 578 Å². The number of aliphatic hydroxyl groups is 2. The van der Waals surface area contributed by atoms with Crippen molar-refractivity contribution in [2.75, 3.05) is 91.6 Å². The van der Waals surface area contributed by atoms with Gasteiger partial charge in [0.2, 0.25) is 5.95 Å². The molecule has 2 aromatic heterocycles. The number of carbonyl (C=O) groups is 4. The van der Waals surface area contributed by atoms with Crippen LogP contribution in [0.15, 0.2) is 9.59 Å². The lowest BCUT2D eigenvalue weighted by molar-refractivity contribution is -0.150. The van der Waals surface area contributed by atoms with Crippen LogP contribution < -0.4 is 17.0 Å². The summed E-state index contributed by atoms with van der Waals surface area (Å²) >= 11 is 0. The molecule has 556 valence electrons. The molecule has 4 atom stereocenters. The van der Waals surface area contributed by atoms with Gasteiger partial charge in [-0.25, -0.2) is 9.36 Å². The number of nitrogens with one attached hydrogen (secondary N) is 2. The monoisotopic (exact) mass is 1360 g/mol. The number of carbonyl (C=O) groups excluding carboxylic acids is 4. The zero-order valence-corrected chi connectivity index (χ0v) is 61.0. The number of unbranched alkanes of at least 4 members (excludes halogenated alkanes) is 35. The van der Waals surface area contributed by atoms with Crippen molar-refractivity contribution in [1.82, 2.24) is 34.2 Å². The summed E-state index contributed by atoms with van der Waals surface area (Å²) in [5, 5.41) is 21.7. The zero-order valence-electron chi connectivity index (χ0n) is 61.0. The number of imidazole rings is 1. The zero-order chi connectivity index (χ0) is 69.5. The van der Waals surface area contributed by atoms with Crippen LogP contribution in [0.2, 0.25) is 0 Å². The molecule has 2 unspecified atom stereocenters. The third kappa shape index (κ3) is 41.9. The lowest BCUT2D eigenvalue weighted by Gasteiger charge is -2.28.